The maximum Gasteiger partial charge on any atom is 0.258 e. The van der Waals surface area contributed by atoms with Crippen molar-refractivity contribution in [2.45, 2.75) is 0 Å². The Morgan fingerprint density at radius 2 is 2.04 bits per heavy atom. The van der Waals surface area contributed by atoms with Crippen molar-refractivity contribution in [3.63, 3.8) is 0 Å². The minimum Gasteiger partial charge on any atom is -0.307 e. The molecule has 112 valence electrons. The molecule has 0 saturated carbocycles. The first-order chi connectivity index (χ1) is 11.2. The van der Waals surface area contributed by atoms with Crippen molar-refractivity contribution in [2.24, 2.45) is 0 Å². The van der Waals surface area contributed by atoms with Crippen LogP contribution in [0.15, 0.2) is 59.7 Å². The molecular formula is C16H11N5O2. The number of aromatic nitrogens is 4. The number of hydrogen-bond donors (Lipinski definition) is 2. The van der Waals surface area contributed by atoms with Crippen LogP contribution in [0.3, 0.4) is 0 Å². The SMILES string of the molecule is O=C(Nc1cc(=O)[nH]c2nc3ccccc3n12)c1cccnc1. The fourth-order valence-electron chi connectivity index (χ4n) is 2.47. The van der Waals surface area contributed by atoms with Gasteiger partial charge in [-0.3, -0.25) is 24.0 Å². The zero-order chi connectivity index (χ0) is 15.8. The molecule has 0 spiro atoms. The molecule has 7 heteroatoms. The Labute approximate surface area is 129 Å². The van der Waals surface area contributed by atoms with E-state index in [1.54, 1.807) is 22.7 Å². The van der Waals surface area contributed by atoms with E-state index in [4.69, 9.17) is 0 Å². The first kappa shape index (κ1) is 13.2. The van der Waals surface area contributed by atoms with Gasteiger partial charge >= 0.3 is 0 Å². The highest BCUT2D eigenvalue weighted by Crippen LogP contribution is 2.19. The molecule has 2 N–H and O–H groups in total. The van der Waals surface area contributed by atoms with Crippen molar-refractivity contribution < 1.29 is 4.79 Å². The Morgan fingerprint density at radius 3 is 2.87 bits per heavy atom. The van der Waals surface area contributed by atoms with Gasteiger partial charge in [0, 0.05) is 18.5 Å². The molecule has 0 aliphatic carbocycles. The molecule has 3 heterocycles. The standard InChI is InChI=1S/C16H11N5O2/c22-14-8-13(19-15(23)10-4-3-7-17-9-10)21-12-6-2-1-5-11(12)18-16(21)20-14/h1-9H,(H,19,23)(H,18,20,22). The molecular weight excluding hydrogens is 294 g/mol. The smallest absolute Gasteiger partial charge is 0.258 e. The maximum absolute atomic E-state index is 12.3. The van der Waals surface area contributed by atoms with Crippen molar-refractivity contribution in [3.05, 3.63) is 70.8 Å². The minimum absolute atomic E-state index is 0.339. The number of nitrogens with zero attached hydrogens (tertiary/aromatic N) is 3. The van der Waals surface area contributed by atoms with Crippen molar-refractivity contribution in [1.29, 1.82) is 0 Å². The average Bonchev–Trinajstić information content (AvgIpc) is 2.93. The van der Waals surface area contributed by atoms with Crippen LogP contribution in [0.5, 0.6) is 0 Å². The van der Waals surface area contributed by atoms with Crippen molar-refractivity contribution in [2.75, 3.05) is 5.32 Å². The second kappa shape index (κ2) is 5.06. The second-order valence-electron chi connectivity index (χ2n) is 4.97. The number of anilines is 1. The molecule has 0 atom stereocenters. The zero-order valence-electron chi connectivity index (χ0n) is 11.9. The molecule has 0 fully saturated rings. The monoisotopic (exact) mass is 305 g/mol. The predicted octanol–water partition coefficient (Wildman–Crippen LogP) is 1.82. The van der Waals surface area contributed by atoms with Gasteiger partial charge in [-0.25, -0.2) is 4.98 Å². The number of fused-ring (bicyclic) bond motifs is 3. The molecule has 0 bridgehead atoms. The van der Waals surface area contributed by atoms with Crippen LogP contribution in [0.2, 0.25) is 0 Å². The molecule has 0 radical (unpaired) electrons. The minimum atomic E-state index is -0.345. The van der Waals surface area contributed by atoms with Gasteiger partial charge in [0.25, 0.3) is 11.5 Å². The molecule has 0 unspecified atom stereocenters. The summed E-state index contributed by atoms with van der Waals surface area (Å²) >= 11 is 0. The van der Waals surface area contributed by atoms with Crippen LogP contribution in [-0.4, -0.2) is 25.3 Å². The number of imidazole rings is 1. The van der Waals surface area contributed by atoms with E-state index in [1.165, 1.54) is 12.3 Å². The number of carbonyl (C=O) groups is 1. The molecule has 1 amide bonds. The van der Waals surface area contributed by atoms with E-state index in [2.05, 4.69) is 20.3 Å². The van der Waals surface area contributed by atoms with Crippen LogP contribution in [0, 0.1) is 0 Å². The molecule has 23 heavy (non-hydrogen) atoms. The molecule has 0 aliphatic rings. The topological polar surface area (TPSA) is 92.1 Å². The van der Waals surface area contributed by atoms with E-state index in [-0.39, 0.29) is 11.5 Å². The number of amides is 1. The highest BCUT2D eigenvalue weighted by molar-refractivity contribution is 6.04. The first-order valence-electron chi connectivity index (χ1n) is 6.94. The number of pyridine rings is 1. The van der Waals surface area contributed by atoms with Gasteiger partial charge in [0.15, 0.2) is 0 Å². The number of rotatable bonds is 2. The van der Waals surface area contributed by atoms with Crippen LogP contribution >= 0.6 is 0 Å². The number of aromatic amines is 1. The maximum atomic E-state index is 12.3. The van der Waals surface area contributed by atoms with Crippen LogP contribution in [-0.2, 0) is 0 Å². The Kier molecular flexibility index (Phi) is 2.90. The van der Waals surface area contributed by atoms with Crippen molar-refractivity contribution in [3.8, 4) is 0 Å². The van der Waals surface area contributed by atoms with Gasteiger partial charge in [0.2, 0.25) is 5.78 Å². The lowest BCUT2D eigenvalue weighted by Crippen LogP contribution is -2.18. The molecule has 4 aromatic rings. The summed E-state index contributed by atoms with van der Waals surface area (Å²) in [5.41, 5.74) is 1.59. The highest BCUT2D eigenvalue weighted by Gasteiger charge is 2.13. The lowest BCUT2D eigenvalue weighted by molar-refractivity contribution is 0.102. The Balaban J connectivity index is 1.89. The Bertz CT molecular complexity index is 1080. The molecule has 1 aromatic carbocycles. The van der Waals surface area contributed by atoms with E-state index in [0.717, 1.165) is 11.0 Å². The third-order valence-corrected chi connectivity index (χ3v) is 3.47. The van der Waals surface area contributed by atoms with Crippen LogP contribution in [0.4, 0.5) is 5.82 Å². The summed E-state index contributed by atoms with van der Waals surface area (Å²) in [5.74, 6) is 0.384. The average molecular weight is 305 g/mol. The van der Waals surface area contributed by atoms with Crippen molar-refractivity contribution >= 4 is 28.5 Å². The van der Waals surface area contributed by atoms with Gasteiger partial charge in [-0.05, 0) is 24.3 Å². The van der Waals surface area contributed by atoms with Crippen LogP contribution in [0.25, 0.3) is 16.8 Å². The van der Waals surface area contributed by atoms with Crippen LogP contribution < -0.4 is 10.9 Å². The van der Waals surface area contributed by atoms with Gasteiger partial charge in [0.1, 0.15) is 5.82 Å². The van der Waals surface area contributed by atoms with Gasteiger partial charge < -0.3 is 5.32 Å². The fourth-order valence-corrected chi connectivity index (χ4v) is 2.47. The third-order valence-electron chi connectivity index (χ3n) is 3.47. The lowest BCUT2D eigenvalue weighted by atomic mass is 10.2. The summed E-state index contributed by atoms with van der Waals surface area (Å²) in [5, 5.41) is 2.74. The number of para-hydroxylation sites is 2. The highest BCUT2D eigenvalue weighted by atomic mass is 16.2. The Morgan fingerprint density at radius 1 is 1.17 bits per heavy atom. The number of H-pyrrole nitrogens is 1. The van der Waals surface area contributed by atoms with Gasteiger partial charge in [0.05, 0.1) is 16.6 Å². The predicted molar refractivity (Wildman–Crippen MR) is 85.5 cm³/mol. The summed E-state index contributed by atoms with van der Waals surface area (Å²) in [7, 11) is 0. The normalized spacial score (nSPS) is 11.0. The summed E-state index contributed by atoms with van der Waals surface area (Å²) in [6.07, 6.45) is 3.05. The summed E-state index contributed by atoms with van der Waals surface area (Å²) in [4.78, 5) is 35.1. The van der Waals surface area contributed by atoms with Gasteiger partial charge in [-0.15, -0.1) is 0 Å². The van der Waals surface area contributed by atoms with E-state index in [9.17, 15) is 9.59 Å². The number of benzene rings is 1. The number of carbonyl (C=O) groups excluding carboxylic acids is 1. The number of nitrogens with one attached hydrogen (secondary N) is 2. The molecule has 0 saturated heterocycles. The zero-order valence-corrected chi connectivity index (χ0v) is 11.9. The quantitative estimate of drug-likeness (QED) is 0.591. The van der Waals surface area contributed by atoms with E-state index < -0.39 is 0 Å². The second-order valence-corrected chi connectivity index (χ2v) is 4.97. The van der Waals surface area contributed by atoms with E-state index >= 15 is 0 Å². The van der Waals surface area contributed by atoms with Crippen LogP contribution in [0.1, 0.15) is 10.4 Å². The lowest BCUT2D eigenvalue weighted by Gasteiger charge is -2.08. The molecule has 0 aliphatic heterocycles. The summed E-state index contributed by atoms with van der Waals surface area (Å²) < 4.78 is 1.70. The van der Waals surface area contributed by atoms with E-state index in [1.807, 2.05) is 24.3 Å². The Hall–Kier alpha value is -3.48. The fraction of sp³-hybridized carbons (Fsp3) is 0. The molecule has 7 nitrogen and oxygen atoms in total. The summed E-state index contributed by atoms with van der Waals surface area (Å²) in [6.45, 7) is 0. The van der Waals surface area contributed by atoms with Gasteiger partial charge in [-0.2, -0.15) is 0 Å². The largest absolute Gasteiger partial charge is 0.307 e. The first-order valence-corrected chi connectivity index (χ1v) is 6.94. The summed E-state index contributed by atoms with van der Waals surface area (Å²) in [6, 6.07) is 12.1. The number of hydrogen-bond acceptors (Lipinski definition) is 4. The third kappa shape index (κ3) is 2.24. The van der Waals surface area contributed by atoms with E-state index in [0.29, 0.717) is 17.2 Å². The van der Waals surface area contributed by atoms with Gasteiger partial charge in [-0.1, -0.05) is 12.1 Å². The molecule has 3 aromatic heterocycles. The van der Waals surface area contributed by atoms with Crippen molar-refractivity contribution in [1.82, 2.24) is 19.4 Å². The molecule has 4 rings (SSSR count).